The highest BCUT2D eigenvalue weighted by Crippen LogP contribution is 2.24. The van der Waals surface area contributed by atoms with Gasteiger partial charge in [-0.2, -0.15) is 0 Å². The van der Waals surface area contributed by atoms with E-state index in [2.05, 4.69) is 42.3 Å². The molecule has 2 aliphatic rings. The molecular weight excluding hydrogens is 290 g/mol. The van der Waals surface area contributed by atoms with Crippen molar-refractivity contribution in [1.82, 2.24) is 15.1 Å². The molecule has 5 heteroatoms. The molecule has 0 spiro atoms. The number of hydrogen-bond acceptors (Lipinski definition) is 3. The van der Waals surface area contributed by atoms with Gasteiger partial charge in [-0.25, -0.2) is 0 Å². The summed E-state index contributed by atoms with van der Waals surface area (Å²) in [5.74, 6) is 0.160. The lowest BCUT2D eigenvalue weighted by Crippen LogP contribution is -2.53. The number of carbonyl (C=O) groups is 2. The minimum Gasteiger partial charge on any atom is -0.352 e. The van der Waals surface area contributed by atoms with Gasteiger partial charge in [0.25, 0.3) is 0 Å². The minimum atomic E-state index is -0.0190. The Balaban J connectivity index is 1.66. The van der Waals surface area contributed by atoms with E-state index < -0.39 is 0 Å². The number of amides is 2. The van der Waals surface area contributed by atoms with Gasteiger partial charge in [-0.3, -0.25) is 14.5 Å². The first-order valence-corrected chi connectivity index (χ1v) is 8.27. The van der Waals surface area contributed by atoms with Crippen LogP contribution in [0.3, 0.4) is 0 Å². The van der Waals surface area contributed by atoms with Gasteiger partial charge in [-0.15, -0.1) is 0 Å². The van der Waals surface area contributed by atoms with Crippen LogP contribution in [0.4, 0.5) is 0 Å². The Kier molecular flexibility index (Phi) is 4.39. The largest absolute Gasteiger partial charge is 0.352 e. The number of carbonyl (C=O) groups excluding carboxylic acids is 2. The van der Waals surface area contributed by atoms with Crippen LogP contribution in [-0.4, -0.2) is 53.3 Å². The van der Waals surface area contributed by atoms with Crippen molar-refractivity contribution in [2.75, 3.05) is 19.6 Å². The second-order valence-corrected chi connectivity index (χ2v) is 6.93. The van der Waals surface area contributed by atoms with Crippen LogP contribution in [0.5, 0.6) is 0 Å². The normalized spacial score (nSPS) is 24.7. The SMILES string of the molecule is CC(=O)N[C@H]1C[C@H]2CN(Cc3ccc(C)cc3C)CC(=O)N2C1. The smallest absolute Gasteiger partial charge is 0.237 e. The quantitative estimate of drug-likeness (QED) is 0.913. The lowest BCUT2D eigenvalue weighted by atomic mass is 10.0. The first-order chi connectivity index (χ1) is 10.9. The maximum absolute atomic E-state index is 12.4. The van der Waals surface area contributed by atoms with E-state index in [1.54, 1.807) is 0 Å². The number of fused-ring (bicyclic) bond motifs is 1. The van der Waals surface area contributed by atoms with E-state index in [0.29, 0.717) is 13.1 Å². The summed E-state index contributed by atoms with van der Waals surface area (Å²) in [4.78, 5) is 27.8. The molecule has 1 aromatic carbocycles. The lowest BCUT2D eigenvalue weighted by molar-refractivity contribution is -0.138. The molecule has 0 aromatic heterocycles. The second-order valence-electron chi connectivity index (χ2n) is 6.93. The fourth-order valence-electron chi connectivity index (χ4n) is 3.82. The molecule has 2 fully saturated rings. The summed E-state index contributed by atoms with van der Waals surface area (Å²) in [6.45, 7) is 8.58. The van der Waals surface area contributed by atoms with Gasteiger partial charge in [0.15, 0.2) is 0 Å². The molecule has 3 rings (SSSR count). The van der Waals surface area contributed by atoms with Crippen LogP contribution >= 0.6 is 0 Å². The molecule has 2 atom stereocenters. The van der Waals surface area contributed by atoms with Crippen molar-refractivity contribution in [2.45, 2.75) is 45.8 Å². The third kappa shape index (κ3) is 3.55. The van der Waals surface area contributed by atoms with Crippen LogP contribution in [-0.2, 0) is 16.1 Å². The molecule has 1 N–H and O–H groups in total. The Hall–Kier alpha value is -1.88. The van der Waals surface area contributed by atoms with E-state index in [1.807, 2.05) is 4.90 Å². The molecule has 0 saturated carbocycles. The van der Waals surface area contributed by atoms with Gasteiger partial charge < -0.3 is 10.2 Å². The lowest BCUT2D eigenvalue weighted by Gasteiger charge is -2.37. The van der Waals surface area contributed by atoms with E-state index in [-0.39, 0.29) is 23.9 Å². The molecule has 1 aromatic rings. The summed E-state index contributed by atoms with van der Waals surface area (Å²) in [5.41, 5.74) is 3.83. The maximum Gasteiger partial charge on any atom is 0.237 e. The zero-order valence-electron chi connectivity index (χ0n) is 14.1. The van der Waals surface area contributed by atoms with Crippen molar-refractivity contribution < 1.29 is 9.59 Å². The van der Waals surface area contributed by atoms with Crippen molar-refractivity contribution in [2.24, 2.45) is 0 Å². The zero-order valence-corrected chi connectivity index (χ0v) is 14.1. The summed E-state index contributed by atoms with van der Waals surface area (Å²) in [7, 11) is 0. The van der Waals surface area contributed by atoms with Crippen molar-refractivity contribution in [3.05, 3.63) is 34.9 Å². The van der Waals surface area contributed by atoms with Crippen LogP contribution in [0.1, 0.15) is 30.0 Å². The van der Waals surface area contributed by atoms with Crippen molar-refractivity contribution in [3.63, 3.8) is 0 Å². The first kappa shape index (κ1) is 16.0. The molecule has 0 unspecified atom stereocenters. The molecule has 0 radical (unpaired) electrons. The zero-order chi connectivity index (χ0) is 16.6. The number of nitrogens with zero attached hydrogens (tertiary/aromatic N) is 2. The van der Waals surface area contributed by atoms with E-state index in [0.717, 1.165) is 19.5 Å². The minimum absolute atomic E-state index is 0.0190. The van der Waals surface area contributed by atoms with E-state index >= 15 is 0 Å². The molecule has 5 nitrogen and oxygen atoms in total. The Labute approximate surface area is 137 Å². The topological polar surface area (TPSA) is 52.7 Å². The number of nitrogens with one attached hydrogen (secondary N) is 1. The molecule has 124 valence electrons. The fraction of sp³-hybridized carbons (Fsp3) is 0.556. The molecule has 0 aliphatic carbocycles. The van der Waals surface area contributed by atoms with E-state index in [4.69, 9.17) is 0 Å². The van der Waals surface area contributed by atoms with Gasteiger partial charge in [0.2, 0.25) is 11.8 Å². The maximum atomic E-state index is 12.4. The van der Waals surface area contributed by atoms with Gasteiger partial charge in [-0.1, -0.05) is 23.8 Å². The molecule has 2 heterocycles. The van der Waals surface area contributed by atoms with Crippen LogP contribution in [0.2, 0.25) is 0 Å². The third-order valence-corrected chi connectivity index (χ3v) is 4.86. The Morgan fingerprint density at radius 2 is 2.09 bits per heavy atom. The molecule has 2 aliphatic heterocycles. The number of hydrogen-bond donors (Lipinski definition) is 1. The second kappa shape index (κ2) is 6.32. The fourth-order valence-corrected chi connectivity index (χ4v) is 3.82. The average Bonchev–Trinajstić information content (AvgIpc) is 2.84. The highest BCUT2D eigenvalue weighted by molar-refractivity contribution is 5.80. The number of piperazine rings is 1. The van der Waals surface area contributed by atoms with Crippen molar-refractivity contribution in [3.8, 4) is 0 Å². The van der Waals surface area contributed by atoms with E-state index in [9.17, 15) is 9.59 Å². The highest BCUT2D eigenvalue weighted by Gasteiger charge is 2.40. The van der Waals surface area contributed by atoms with Gasteiger partial charge in [0.05, 0.1) is 6.54 Å². The molecule has 23 heavy (non-hydrogen) atoms. The Bertz CT molecular complexity index is 629. The van der Waals surface area contributed by atoms with Crippen molar-refractivity contribution >= 4 is 11.8 Å². The average molecular weight is 315 g/mol. The van der Waals surface area contributed by atoms with Crippen LogP contribution in [0.15, 0.2) is 18.2 Å². The number of aryl methyl sites for hydroxylation is 2. The summed E-state index contributed by atoms with van der Waals surface area (Å²) >= 11 is 0. The van der Waals surface area contributed by atoms with Gasteiger partial charge >= 0.3 is 0 Å². The number of rotatable bonds is 3. The molecule has 0 bridgehead atoms. The number of benzene rings is 1. The molecule has 2 saturated heterocycles. The Morgan fingerprint density at radius 3 is 2.78 bits per heavy atom. The van der Waals surface area contributed by atoms with Gasteiger partial charge in [0.1, 0.15) is 0 Å². The highest BCUT2D eigenvalue weighted by atomic mass is 16.2. The predicted octanol–water partition coefficient (Wildman–Crippen LogP) is 1.22. The summed E-state index contributed by atoms with van der Waals surface area (Å²) in [6, 6.07) is 6.80. The van der Waals surface area contributed by atoms with Gasteiger partial charge in [0, 0.05) is 38.6 Å². The summed E-state index contributed by atoms with van der Waals surface area (Å²) < 4.78 is 0. The van der Waals surface area contributed by atoms with E-state index in [1.165, 1.54) is 23.6 Å². The van der Waals surface area contributed by atoms with Crippen LogP contribution < -0.4 is 5.32 Å². The standard InChI is InChI=1S/C18H25N3O2/c1-12-4-5-15(13(2)6-12)8-20-10-17-7-16(19-14(3)22)9-21(17)18(23)11-20/h4-6,16-17H,7-11H2,1-3H3,(H,19,22)/t16-,17-/m0/s1. The first-order valence-electron chi connectivity index (χ1n) is 8.27. The summed E-state index contributed by atoms with van der Waals surface area (Å²) in [5, 5.41) is 2.95. The predicted molar refractivity (Wildman–Crippen MR) is 88.9 cm³/mol. The molecular formula is C18H25N3O2. The van der Waals surface area contributed by atoms with Crippen molar-refractivity contribution in [1.29, 1.82) is 0 Å². The summed E-state index contributed by atoms with van der Waals surface area (Å²) in [6.07, 6.45) is 0.856. The monoisotopic (exact) mass is 315 g/mol. The molecule has 2 amide bonds. The third-order valence-electron chi connectivity index (χ3n) is 4.86. The van der Waals surface area contributed by atoms with Crippen LogP contribution in [0, 0.1) is 13.8 Å². The van der Waals surface area contributed by atoms with Crippen LogP contribution in [0.25, 0.3) is 0 Å². The Morgan fingerprint density at radius 1 is 1.30 bits per heavy atom. The van der Waals surface area contributed by atoms with Gasteiger partial charge in [-0.05, 0) is 31.4 Å².